The van der Waals surface area contributed by atoms with Crippen molar-refractivity contribution in [3.8, 4) is 0 Å². The lowest BCUT2D eigenvalue weighted by atomic mass is 9.89. The summed E-state index contributed by atoms with van der Waals surface area (Å²) in [5.41, 5.74) is 13.7. The van der Waals surface area contributed by atoms with Gasteiger partial charge in [0.1, 0.15) is 0 Å². The molecular formula is C6H12N4O. The second kappa shape index (κ2) is 3.57. The average Bonchev–Trinajstić information content (AvgIpc) is 1.99. The third kappa shape index (κ3) is 1.83. The molecule has 5 nitrogen and oxygen atoms in total. The van der Waals surface area contributed by atoms with Gasteiger partial charge in [0.05, 0.1) is 12.1 Å². The topological polar surface area (TPSA) is 95.0 Å². The van der Waals surface area contributed by atoms with Crippen LogP contribution in [0.15, 0.2) is 5.11 Å². The summed E-state index contributed by atoms with van der Waals surface area (Å²) in [6.07, 6.45) is 1.90. The van der Waals surface area contributed by atoms with Gasteiger partial charge in [-0.15, -0.1) is 0 Å². The third-order valence-corrected chi connectivity index (χ3v) is 2.09. The highest BCUT2D eigenvalue weighted by Gasteiger charge is 2.27. The zero-order valence-corrected chi connectivity index (χ0v) is 6.22. The molecule has 3 unspecified atom stereocenters. The average molecular weight is 156 g/mol. The van der Waals surface area contributed by atoms with E-state index in [2.05, 4.69) is 10.0 Å². The van der Waals surface area contributed by atoms with Crippen molar-refractivity contribution in [1.29, 1.82) is 0 Å². The minimum atomic E-state index is -0.501. The van der Waals surface area contributed by atoms with Crippen molar-refractivity contribution in [1.82, 2.24) is 0 Å². The van der Waals surface area contributed by atoms with E-state index in [1.165, 1.54) is 0 Å². The van der Waals surface area contributed by atoms with Crippen molar-refractivity contribution < 1.29 is 5.11 Å². The van der Waals surface area contributed by atoms with Gasteiger partial charge in [-0.1, -0.05) is 11.5 Å². The van der Waals surface area contributed by atoms with E-state index in [1.807, 2.05) is 0 Å². The summed E-state index contributed by atoms with van der Waals surface area (Å²) in [4.78, 5) is 2.68. The van der Waals surface area contributed by atoms with E-state index < -0.39 is 6.10 Å². The van der Waals surface area contributed by atoms with Crippen LogP contribution in [0.2, 0.25) is 0 Å². The third-order valence-electron chi connectivity index (χ3n) is 2.09. The van der Waals surface area contributed by atoms with Crippen molar-refractivity contribution in [2.75, 3.05) is 0 Å². The lowest BCUT2D eigenvalue weighted by molar-refractivity contribution is 0.0977. The molecule has 0 bridgehead atoms. The van der Waals surface area contributed by atoms with Gasteiger partial charge >= 0.3 is 0 Å². The smallest absolute Gasteiger partial charge is 0.0695 e. The molecule has 0 aliphatic heterocycles. The van der Waals surface area contributed by atoms with Gasteiger partial charge in [-0.2, -0.15) is 0 Å². The first-order chi connectivity index (χ1) is 5.25. The Balaban J connectivity index is 2.57. The normalized spacial score (nSPS) is 37.8. The van der Waals surface area contributed by atoms with E-state index in [1.54, 1.807) is 0 Å². The van der Waals surface area contributed by atoms with Gasteiger partial charge < -0.3 is 10.8 Å². The van der Waals surface area contributed by atoms with E-state index >= 15 is 0 Å². The minimum Gasteiger partial charge on any atom is -0.392 e. The monoisotopic (exact) mass is 156 g/mol. The molecule has 11 heavy (non-hydrogen) atoms. The number of rotatable bonds is 1. The summed E-state index contributed by atoms with van der Waals surface area (Å²) in [6, 6.07) is -0.594. The number of azide groups is 1. The van der Waals surface area contributed by atoms with E-state index in [4.69, 9.17) is 11.3 Å². The first kappa shape index (κ1) is 8.33. The number of nitrogens with two attached hydrogens (primary N) is 1. The Bertz CT molecular complexity index is 177. The maximum Gasteiger partial charge on any atom is 0.0695 e. The van der Waals surface area contributed by atoms with E-state index in [0.29, 0.717) is 0 Å². The van der Waals surface area contributed by atoms with Gasteiger partial charge in [0.15, 0.2) is 0 Å². The van der Waals surface area contributed by atoms with Crippen LogP contribution >= 0.6 is 0 Å². The molecule has 0 heterocycles. The van der Waals surface area contributed by atoms with Gasteiger partial charge in [-0.05, 0) is 18.4 Å². The molecule has 3 N–H and O–H groups in total. The largest absolute Gasteiger partial charge is 0.392 e. The van der Waals surface area contributed by atoms with Gasteiger partial charge in [-0.3, -0.25) is 0 Å². The van der Waals surface area contributed by atoms with Crippen LogP contribution in [-0.4, -0.2) is 23.3 Å². The summed E-state index contributed by atoms with van der Waals surface area (Å²) in [5.74, 6) is 0. The van der Waals surface area contributed by atoms with Crippen LogP contribution in [0.3, 0.4) is 0 Å². The molecule has 0 spiro atoms. The standard InChI is InChI=1S/C6H12N4O/c7-6-4(9-10-8)2-1-3-5(6)11/h4-6,11H,1-3,7H2. The SMILES string of the molecule is [N-]=[N+]=NC1CCCC(O)C1N. The predicted molar refractivity (Wildman–Crippen MR) is 40.8 cm³/mol. The Hall–Kier alpha value is -0.770. The van der Waals surface area contributed by atoms with Crippen molar-refractivity contribution in [3.05, 3.63) is 10.4 Å². The summed E-state index contributed by atoms with van der Waals surface area (Å²) in [5, 5.41) is 12.8. The van der Waals surface area contributed by atoms with E-state index in [-0.39, 0.29) is 12.1 Å². The lowest BCUT2D eigenvalue weighted by Gasteiger charge is -2.29. The zero-order valence-electron chi connectivity index (χ0n) is 6.22. The maximum absolute atomic E-state index is 9.27. The number of hydrogen-bond acceptors (Lipinski definition) is 3. The fraction of sp³-hybridized carbons (Fsp3) is 1.00. The Morgan fingerprint density at radius 2 is 2.27 bits per heavy atom. The van der Waals surface area contributed by atoms with Gasteiger partial charge in [-0.25, -0.2) is 0 Å². The van der Waals surface area contributed by atoms with Crippen LogP contribution in [0.25, 0.3) is 10.4 Å². The van der Waals surface area contributed by atoms with Gasteiger partial charge in [0.2, 0.25) is 0 Å². The molecule has 3 atom stereocenters. The van der Waals surface area contributed by atoms with Crippen molar-refractivity contribution in [3.63, 3.8) is 0 Å². The molecule has 0 aromatic heterocycles. The van der Waals surface area contributed by atoms with Crippen LogP contribution in [0.1, 0.15) is 19.3 Å². The molecule has 0 aromatic rings. The molecule has 1 fully saturated rings. The van der Waals surface area contributed by atoms with E-state index in [0.717, 1.165) is 19.3 Å². The number of hydrogen-bond donors (Lipinski definition) is 2. The van der Waals surface area contributed by atoms with Crippen molar-refractivity contribution in [2.24, 2.45) is 10.8 Å². The quantitative estimate of drug-likeness (QED) is 0.329. The highest BCUT2D eigenvalue weighted by molar-refractivity contribution is 4.89. The molecule has 1 aliphatic carbocycles. The maximum atomic E-state index is 9.27. The second-order valence-corrected chi connectivity index (χ2v) is 2.85. The number of nitrogens with zero attached hydrogens (tertiary/aromatic N) is 3. The zero-order chi connectivity index (χ0) is 8.27. The Morgan fingerprint density at radius 1 is 1.55 bits per heavy atom. The Kier molecular flexibility index (Phi) is 2.70. The highest BCUT2D eigenvalue weighted by atomic mass is 16.3. The summed E-state index contributed by atoms with van der Waals surface area (Å²) < 4.78 is 0. The highest BCUT2D eigenvalue weighted by Crippen LogP contribution is 2.20. The fourth-order valence-corrected chi connectivity index (χ4v) is 1.38. The van der Waals surface area contributed by atoms with Gasteiger partial charge in [0, 0.05) is 11.0 Å². The van der Waals surface area contributed by atoms with Crippen LogP contribution in [-0.2, 0) is 0 Å². The molecule has 1 rings (SSSR count). The van der Waals surface area contributed by atoms with Gasteiger partial charge in [0.25, 0.3) is 0 Å². The molecule has 0 radical (unpaired) electrons. The second-order valence-electron chi connectivity index (χ2n) is 2.85. The molecule has 62 valence electrons. The molecule has 1 aliphatic rings. The molecule has 0 aromatic carbocycles. The van der Waals surface area contributed by atoms with Crippen molar-refractivity contribution >= 4 is 0 Å². The van der Waals surface area contributed by atoms with Crippen LogP contribution in [0, 0.1) is 0 Å². The Labute approximate surface area is 64.8 Å². The van der Waals surface area contributed by atoms with Crippen molar-refractivity contribution in [2.45, 2.75) is 37.5 Å². The first-order valence-corrected chi connectivity index (χ1v) is 3.73. The molecule has 1 saturated carbocycles. The summed E-state index contributed by atoms with van der Waals surface area (Å²) >= 11 is 0. The summed E-state index contributed by atoms with van der Waals surface area (Å²) in [7, 11) is 0. The molecule has 0 amide bonds. The van der Waals surface area contributed by atoms with Crippen LogP contribution in [0.5, 0.6) is 0 Å². The molecular weight excluding hydrogens is 144 g/mol. The minimum absolute atomic E-state index is 0.219. The number of aliphatic hydroxyl groups is 1. The lowest BCUT2D eigenvalue weighted by Crippen LogP contribution is -2.46. The number of aliphatic hydroxyl groups excluding tert-OH is 1. The Morgan fingerprint density at radius 3 is 2.91 bits per heavy atom. The fourth-order valence-electron chi connectivity index (χ4n) is 1.38. The molecule has 0 saturated heterocycles. The van der Waals surface area contributed by atoms with Crippen LogP contribution < -0.4 is 5.73 Å². The predicted octanol–water partition coefficient (Wildman–Crippen LogP) is 0.537. The first-order valence-electron chi connectivity index (χ1n) is 3.73. The van der Waals surface area contributed by atoms with E-state index in [9.17, 15) is 5.11 Å². The summed E-state index contributed by atoms with van der Waals surface area (Å²) in [6.45, 7) is 0. The molecule has 5 heteroatoms. The van der Waals surface area contributed by atoms with Crippen LogP contribution in [0.4, 0.5) is 0 Å².